The van der Waals surface area contributed by atoms with Crippen LogP contribution in [0.15, 0.2) is 24.3 Å². The zero-order valence-corrected chi connectivity index (χ0v) is 11.0. The molecule has 0 atom stereocenters. The van der Waals surface area contributed by atoms with Crippen LogP contribution in [0.4, 0.5) is 27.1 Å². The fourth-order valence-corrected chi connectivity index (χ4v) is 2.06. The summed E-state index contributed by atoms with van der Waals surface area (Å²) in [6.45, 7) is 0.170. The van der Waals surface area contributed by atoms with E-state index in [-0.39, 0.29) is 28.9 Å². The van der Waals surface area contributed by atoms with Gasteiger partial charge in [0, 0.05) is 11.8 Å². The molecule has 0 aromatic heterocycles. The number of halogens is 2. The zero-order valence-electron chi connectivity index (χ0n) is 10.2. The minimum absolute atomic E-state index is 0.0723. The summed E-state index contributed by atoms with van der Waals surface area (Å²) in [6.07, 6.45) is 0. The van der Waals surface area contributed by atoms with Crippen molar-refractivity contribution in [1.82, 2.24) is 0 Å². The van der Waals surface area contributed by atoms with Gasteiger partial charge in [-0.2, -0.15) is 0 Å². The van der Waals surface area contributed by atoms with E-state index < -0.39 is 5.82 Å². The van der Waals surface area contributed by atoms with Gasteiger partial charge in [0.15, 0.2) is 17.3 Å². The fourth-order valence-electron chi connectivity index (χ4n) is 1.91. The van der Waals surface area contributed by atoms with Gasteiger partial charge in [-0.1, -0.05) is 11.6 Å². The topological polar surface area (TPSA) is 82.5 Å². The molecule has 0 unspecified atom stereocenters. The van der Waals surface area contributed by atoms with Gasteiger partial charge < -0.3 is 26.3 Å². The first-order valence-corrected chi connectivity index (χ1v) is 6.13. The van der Waals surface area contributed by atoms with E-state index in [4.69, 9.17) is 32.5 Å². The molecule has 0 radical (unpaired) electrons. The lowest BCUT2D eigenvalue weighted by Gasteiger charge is -2.13. The summed E-state index contributed by atoms with van der Waals surface area (Å²) < 4.78 is 24.5. The van der Waals surface area contributed by atoms with Gasteiger partial charge in [0.1, 0.15) is 5.02 Å². The number of hydrogen-bond acceptors (Lipinski definition) is 5. The highest BCUT2D eigenvalue weighted by molar-refractivity contribution is 6.33. The Balaban J connectivity index is 1.97. The van der Waals surface area contributed by atoms with E-state index >= 15 is 0 Å². The zero-order chi connectivity index (χ0) is 14.3. The highest BCUT2D eigenvalue weighted by Gasteiger charge is 2.17. The second-order valence-corrected chi connectivity index (χ2v) is 4.63. The summed E-state index contributed by atoms with van der Waals surface area (Å²) in [5.74, 6) is 0.525. The molecule has 0 fully saturated rings. The number of nitrogen functional groups attached to an aromatic ring is 2. The van der Waals surface area contributed by atoms with Gasteiger partial charge in [0.25, 0.3) is 0 Å². The maximum Gasteiger partial charge on any atom is 0.231 e. The van der Waals surface area contributed by atoms with Crippen LogP contribution >= 0.6 is 11.6 Å². The van der Waals surface area contributed by atoms with E-state index in [1.54, 1.807) is 18.2 Å². The summed E-state index contributed by atoms with van der Waals surface area (Å²) in [4.78, 5) is 0. The van der Waals surface area contributed by atoms with Crippen molar-refractivity contribution in [1.29, 1.82) is 0 Å². The monoisotopic (exact) mass is 295 g/mol. The maximum absolute atomic E-state index is 14.1. The van der Waals surface area contributed by atoms with Crippen LogP contribution in [0, 0.1) is 5.82 Å². The predicted octanol–water partition coefficient (Wildman–Crippen LogP) is 3.12. The molecule has 0 saturated carbocycles. The molecule has 0 saturated heterocycles. The minimum atomic E-state index is -0.693. The lowest BCUT2D eigenvalue weighted by Crippen LogP contribution is -2.02. The molecule has 1 aliphatic rings. The lowest BCUT2D eigenvalue weighted by atomic mass is 10.2. The molecule has 2 aromatic carbocycles. The van der Waals surface area contributed by atoms with Gasteiger partial charge in [-0.05, 0) is 18.2 Å². The SMILES string of the molecule is Nc1cc(N)c(Nc2ccc3c(c2)OCO3)c(F)c1Cl. The number of nitrogens with two attached hydrogens (primary N) is 2. The van der Waals surface area contributed by atoms with Gasteiger partial charge in [0.2, 0.25) is 6.79 Å². The van der Waals surface area contributed by atoms with Crippen molar-refractivity contribution in [3.8, 4) is 11.5 Å². The summed E-state index contributed by atoms with van der Waals surface area (Å²) in [6, 6.07) is 6.53. The number of ether oxygens (including phenoxy) is 2. The standard InChI is InChI=1S/C13H11ClFN3O2/c14-11-7(16)4-8(17)13(12(11)15)18-6-1-2-9-10(3-6)20-5-19-9/h1-4,18H,5,16-17H2. The van der Waals surface area contributed by atoms with Crippen molar-refractivity contribution in [2.75, 3.05) is 23.6 Å². The maximum atomic E-state index is 14.1. The van der Waals surface area contributed by atoms with Gasteiger partial charge in [-0.3, -0.25) is 0 Å². The smallest absolute Gasteiger partial charge is 0.231 e. The van der Waals surface area contributed by atoms with Gasteiger partial charge in [-0.15, -0.1) is 0 Å². The molecule has 0 bridgehead atoms. The quantitative estimate of drug-likeness (QED) is 0.742. The van der Waals surface area contributed by atoms with E-state index in [0.29, 0.717) is 17.2 Å². The average molecular weight is 296 g/mol. The van der Waals surface area contributed by atoms with E-state index in [2.05, 4.69) is 5.32 Å². The molecule has 104 valence electrons. The van der Waals surface area contributed by atoms with E-state index in [1.165, 1.54) is 6.07 Å². The molecule has 0 amide bonds. The Hall–Kier alpha value is -2.34. The van der Waals surface area contributed by atoms with Crippen LogP contribution in [0.2, 0.25) is 5.02 Å². The Morgan fingerprint density at radius 2 is 1.85 bits per heavy atom. The molecule has 0 spiro atoms. The Kier molecular flexibility index (Phi) is 2.94. The molecular weight excluding hydrogens is 285 g/mol. The third kappa shape index (κ3) is 2.04. The largest absolute Gasteiger partial charge is 0.454 e. The van der Waals surface area contributed by atoms with Crippen LogP contribution in [0.1, 0.15) is 0 Å². The van der Waals surface area contributed by atoms with Crippen LogP contribution in [-0.4, -0.2) is 6.79 Å². The second-order valence-electron chi connectivity index (χ2n) is 4.25. The number of benzene rings is 2. The highest BCUT2D eigenvalue weighted by atomic mass is 35.5. The van der Waals surface area contributed by atoms with Crippen molar-refractivity contribution < 1.29 is 13.9 Å². The molecule has 5 N–H and O–H groups in total. The minimum Gasteiger partial charge on any atom is -0.454 e. The Labute approximate surface area is 119 Å². The molecule has 20 heavy (non-hydrogen) atoms. The normalized spacial score (nSPS) is 12.5. The van der Waals surface area contributed by atoms with Gasteiger partial charge >= 0.3 is 0 Å². The first kappa shape index (κ1) is 12.7. The van der Waals surface area contributed by atoms with E-state index in [9.17, 15) is 4.39 Å². The Morgan fingerprint density at radius 1 is 1.10 bits per heavy atom. The predicted molar refractivity (Wildman–Crippen MR) is 76.1 cm³/mol. The first-order chi connectivity index (χ1) is 9.56. The fraction of sp³-hybridized carbons (Fsp3) is 0.0769. The first-order valence-electron chi connectivity index (χ1n) is 5.76. The molecule has 1 heterocycles. The third-order valence-corrected chi connectivity index (χ3v) is 3.29. The molecule has 5 nitrogen and oxygen atoms in total. The molecule has 1 aliphatic heterocycles. The van der Waals surface area contributed by atoms with Crippen LogP contribution in [-0.2, 0) is 0 Å². The molecule has 0 aliphatic carbocycles. The van der Waals surface area contributed by atoms with E-state index in [0.717, 1.165) is 0 Å². The van der Waals surface area contributed by atoms with Crippen LogP contribution < -0.4 is 26.3 Å². The average Bonchev–Trinajstić information content (AvgIpc) is 2.88. The molecule has 2 aromatic rings. The van der Waals surface area contributed by atoms with Gasteiger partial charge in [0.05, 0.1) is 17.1 Å². The van der Waals surface area contributed by atoms with Crippen molar-refractivity contribution in [2.24, 2.45) is 0 Å². The number of rotatable bonds is 2. The summed E-state index contributed by atoms with van der Waals surface area (Å²) >= 11 is 5.77. The lowest BCUT2D eigenvalue weighted by molar-refractivity contribution is 0.174. The Morgan fingerprint density at radius 3 is 2.65 bits per heavy atom. The van der Waals surface area contributed by atoms with Crippen molar-refractivity contribution in [3.63, 3.8) is 0 Å². The van der Waals surface area contributed by atoms with Crippen molar-refractivity contribution in [3.05, 3.63) is 35.1 Å². The summed E-state index contributed by atoms with van der Waals surface area (Å²) in [7, 11) is 0. The van der Waals surface area contributed by atoms with Crippen molar-refractivity contribution in [2.45, 2.75) is 0 Å². The van der Waals surface area contributed by atoms with Crippen LogP contribution in [0.25, 0.3) is 0 Å². The van der Waals surface area contributed by atoms with E-state index in [1.807, 2.05) is 0 Å². The highest BCUT2D eigenvalue weighted by Crippen LogP contribution is 2.38. The Bertz CT molecular complexity index is 694. The molecule has 7 heteroatoms. The number of anilines is 4. The summed E-state index contributed by atoms with van der Waals surface area (Å²) in [5, 5.41) is 2.70. The number of fused-ring (bicyclic) bond motifs is 1. The number of nitrogens with one attached hydrogen (secondary N) is 1. The van der Waals surface area contributed by atoms with Crippen molar-refractivity contribution >= 4 is 34.4 Å². The molecule has 3 rings (SSSR count). The van der Waals surface area contributed by atoms with Crippen LogP contribution in [0.3, 0.4) is 0 Å². The summed E-state index contributed by atoms with van der Waals surface area (Å²) in [5.41, 5.74) is 12.2. The molecular formula is C13H11ClFN3O2. The van der Waals surface area contributed by atoms with Crippen LogP contribution in [0.5, 0.6) is 11.5 Å². The third-order valence-electron chi connectivity index (χ3n) is 2.91. The second kappa shape index (κ2) is 4.64. The van der Waals surface area contributed by atoms with Gasteiger partial charge in [-0.25, -0.2) is 4.39 Å². The number of hydrogen-bond donors (Lipinski definition) is 3.